The Morgan fingerprint density at radius 3 is 0.658 bits per heavy atom. The summed E-state index contributed by atoms with van der Waals surface area (Å²) in [5.41, 5.74) is 0. The Kier molecular flexibility index (Phi) is 63.6. The number of ether oxygens (including phenoxy) is 3. The number of hydrogen-bond donors (Lipinski definition) is 0. The number of esters is 3. The minimum absolute atomic E-state index is 0.0686. The third-order valence-electron chi connectivity index (χ3n) is 15.7. The highest BCUT2D eigenvalue weighted by atomic mass is 16.6. The molecule has 1 unspecified atom stereocenters. The van der Waals surface area contributed by atoms with Crippen molar-refractivity contribution in [3.05, 3.63) is 24.3 Å². The van der Waals surface area contributed by atoms with Gasteiger partial charge in [-0.2, -0.15) is 0 Å². The van der Waals surface area contributed by atoms with Gasteiger partial charge in [-0.05, 0) is 70.6 Å². The van der Waals surface area contributed by atoms with Gasteiger partial charge in [0.15, 0.2) is 6.10 Å². The summed E-state index contributed by atoms with van der Waals surface area (Å²) in [6.45, 7) is 6.70. The molecule has 0 aromatic rings. The highest BCUT2D eigenvalue weighted by molar-refractivity contribution is 5.71. The molecule has 0 bridgehead atoms. The van der Waals surface area contributed by atoms with Gasteiger partial charge in [0.05, 0.1) is 0 Å². The lowest BCUT2D eigenvalue weighted by Crippen LogP contribution is -2.30. The molecule has 76 heavy (non-hydrogen) atoms. The van der Waals surface area contributed by atoms with Crippen LogP contribution in [0.15, 0.2) is 24.3 Å². The Morgan fingerprint density at radius 2 is 0.434 bits per heavy atom. The van der Waals surface area contributed by atoms with Gasteiger partial charge in [-0.15, -0.1) is 0 Å². The topological polar surface area (TPSA) is 78.9 Å². The minimum atomic E-state index is -0.772. The highest BCUT2D eigenvalue weighted by Crippen LogP contribution is 2.18. The van der Waals surface area contributed by atoms with Crippen LogP contribution in [0.1, 0.15) is 387 Å². The number of allylic oxidation sites excluding steroid dienone is 4. The van der Waals surface area contributed by atoms with Crippen molar-refractivity contribution in [3.63, 3.8) is 0 Å². The van der Waals surface area contributed by atoms with Gasteiger partial charge < -0.3 is 14.2 Å². The van der Waals surface area contributed by atoms with Crippen LogP contribution in [0.2, 0.25) is 0 Å². The van der Waals surface area contributed by atoms with Crippen molar-refractivity contribution in [3.8, 4) is 0 Å². The molecule has 6 nitrogen and oxygen atoms in total. The third-order valence-corrected chi connectivity index (χ3v) is 15.7. The first kappa shape index (κ1) is 73.9. The second-order valence-electron chi connectivity index (χ2n) is 23.4. The van der Waals surface area contributed by atoms with E-state index in [1.807, 2.05) is 0 Å². The van der Waals surface area contributed by atoms with Crippen molar-refractivity contribution in [2.24, 2.45) is 0 Å². The van der Waals surface area contributed by atoms with Gasteiger partial charge >= 0.3 is 17.9 Å². The van der Waals surface area contributed by atoms with Crippen molar-refractivity contribution in [2.75, 3.05) is 13.2 Å². The molecule has 0 aromatic carbocycles. The molecule has 0 saturated carbocycles. The summed E-state index contributed by atoms with van der Waals surface area (Å²) in [6.07, 6.45) is 79.2. The lowest BCUT2D eigenvalue weighted by molar-refractivity contribution is -0.167. The van der Waals surface area contributed by atoms with Crippen LogP contribution >= 0.6 is 0 Å². The smallest absolute Gasteiger partial charge is 0.306 e. The van der Waals surface area contributed by atoms with Gasteiger partial charge in [-0.1, -0.05) is 321 Å². The molecule has 0 aliphatic carbocycles. The Morgan fingerprint density at radius 1 is 0.250 bits per heavy atom. The van der Waals surface area contributed by atoms with Crippen molar-refractivity contribution in [1.82, 2.24) is 0 Å². The van der Waals surface area contributed by atoms with Gasteiger partial charge in [-0.3, -0.25) is 14.4 Å². The maximum Gasteiger partial charge on any atom is 0.306 e. The standard InChI is InChI=1S/C70H132O6/c1-4-7-10-13-16-19-22-25-27-29-30-31-32-33-34-35-36-37-38-39-40-41-43-45-48-51-54-57-60-63-69(72)75-66-67(65-74-68(71)62-59-56-53-50-47-44-24-21-18-15-12-9-6-3)76-70(73)64-61-58-55-52-49-46-42-28-26-23-20-17-14-11-8-5-2/h28-30,42,67H,4-27,31-41,43-66H2,1-3H3/b30-29-,42-28-. The fourth-order valence-electron chi connectivity index (χ4n) is 10.5. The molecule has 0 aliphatic heterocycles. The molecule has 6 heteroatoms. The molecule has 448 valence electrons. The van der Waals surface area contributed by atoms with E-state index in [2.05, 4.69) is 45.1 Å². The zero-order valence-electron chi connectivity index (χ0n) is 51.6. The number of carbonyl (C=O) groups is 3. The number of carbonyl (C=O) groups excluding carboxylic acids is 3. The summed E-state index contributed by atoms with van der Waals surface area (Å²) in [7, 11) is 0. The first-order valence-corrected chi connectivity index (χ1v) is 34.3. The Balaban J connectivity index is 4.16. The molecule has 0 aliphatic rings. The van der Waals surface area contributed by atoms with Gasteiger partial charge in [-0.25, -0.2) is 0 Å². The zero-order chi connectivity index (χ0) is 55.0. The lowest BCUT2D eigenvalue weighted by atomic mass is 10.0. The van der Waals surface area contributed by atoms with Crippen LogP contribution in [0.3, 0.4) is 0 Å². The molecule has 0 heterocycles. The lowest BCUT2D eigenvalue weighted by Gasteiger charge is -2.18. The van der Waals surface area contributed by atoms with Crippen LogP contribution in [0.25, 0.3) is 0 Å². The Hall–Kier alpha value is -2.11. The summed E-state index contributed by atoms with van der Waals surface area (Å²) < 4.78 is 16.9. The highest BCUT2D eigenvalue weighted by Gasteiger charge is 2.19. The van der Waals surface area contributed by atoms with Crippen LogP contribution in [-0.4, -0.2) is 37.2 Å². The minimum Gasteiger partial charge on any atom is -0.462 e. The van der Waals surface area contributed by atoms with Crippen LogP contribution in [0, 0.1) is 0 Å². The van der Waals surface area contributed by atoms with E-state index in [4.69, 9.17) is 14.2 Å². The molecule has 0 amide bonds. The van der Waals surface area contributed by atoms with E-state index in [-0.39, 0.29) is 31.1 Å². The van der Waals surface area contributed by atoms with Crippen molar-refractivity contribution in [2.45, 2.75) is 393 Å². The number of rotatable bonds is 64. The number of hydrogen-bond acceptors (Lipinski definition) is 6. The van der Waals surface area contributed by atoms with Gasteiger partial charge in [0.2, 0.25) is 0 Å². The van der Waals surface area contributed by atoms with Gasteiger partial charge in [0, 0.05) is 19.3 Å². The Labute approximate surface area is 474 Å². The van der Waals surface area contributed by atoms with E-state index in [1.54, 1.807) is 0 Å². The molecule has 0 radical (unpaired) electrons. The van der Waals surface area contributed by atoms with Crippen LogP contribution in [-0.2, 0) is 28.6 Å². The van der Waals surface area contributed by atoms with Crippen molar-refractivity contribution < 1.29 is 28.6 Å². The number of unbranched alkanes of at least 4 members (excludes halogenated alkanes) is 49. The maximum absolute atomic E-state index is 12.9. The Bertz CT molecular complexity index is 1230. The second-order valence-corrected chi connectivity index (χ2v) is 23.4. The normalized spacial score (nSPS) is 12.1. The van der Waals surface area contributed by atoms with Crippen molar-refractivity contribution >= 4 is 17.9 Å². The predicted octanol–water partition coefficient (Wildman–Crippen LogP) is 23.4. The van der Waals surface area contributed by atoms with Gasteiger partial charge in [0.25, 0.3) is 0 Å². The fourth-order valence-corrected chi connectivity index (χ4v) is 10.5. The molecule has 0 saturated heterocycles. The van der Waals surface area contributed by atoms with E-state index >= 15 is 0 Å². The van der Waals surface area contributed by atoms with Crippen LogP contribution < -0.4 is 0 Å². The third kappa shape index (κ3) is 62.7. The second kappa shape index (κ2) is 65.4. The van der Waals surface area contributed by atoms with E-state index in [0.717, 1.165) is 64.2 Å². The average Bonchev–Trinajstić information content (AvgIpc) is 3.42. The van der Waals surface area contributed by atoms with E-state index < -0.39 is 6.10 Å². The fraction of sp³-hybridized carbons (Fsp3) is 0.900. The molecule has 0 spiro atoms. The molecule has 0 fully saturated rings. The average molecular weight is 1070 g/mol. The maximum atomic E-state index is 12.9. The SMILES string of the molecule is CCCCCCCCC/C=C\CCCCCCCC(=O)OC(COC(=O)CCCCCCCCCCCCCCC)COC(=O)CCCCCCCCCCCCCCCCCCC/C=C\CCCCCCCCCC. The van der Waals surface area contributed by atoms with E-state index in [9.17, 15) is 14.4 Å². The van der Waals surface area contributed by atoms with Crippen LogP contribution in [0.4, 0.5) is 0 Å². The summed E-state index contributed by atoms with van der Waals surface area (Å²) in [5.74, 6) is -0.848. The monoisotopic (exact) mass is 1070 g/mol. The zero-order valence-corrected chi connectivity index (χ0v) is 51.6. The van der Waals surface area contributed by atoms with E-state index in [0.29, 0.717) is 19.3 Å². The summed E-state index contributed by atoms with van der Waals surface area (Å²) in [4.78, 5) is 38.3. The molecule has 0 N–H and O–H groups in total. The molecule has 0 aromatic heterocycles. The largest absolute Gasteiger partial charge is 0.462 e. The quantitative estimate of drug-likeness (QED) is 0.0261. The van der Waals surface area contributed by atoms with Crippen LogP contribution in [0.5, 0.6) is 0 Å². The first-order valence-electron chi connectivity index (χ1n) is 34.3. The van der Waals surface area contributed by atoms with E-state index in [1.165, 1.54) is 283 Å². The van der Waals surface area contributed by atoms with Gasteiger partial charge in [0.1, 0.15) is 13.2 Å². The summed E-state index contributed by atoms with van der Waals surface area (Å²) >= 11 is 0. The molecular formula is C70H132O6. The van der Waals surface area contributed by atoms with Crippen molar-refractivity contribution in [1.29, 1.82) is 0 Å². The predicted molar refractivity (Wildman–Crippen MR) is 330 cm³/mol. The molecule has 0 rings (SSSR count). The summed E-state index contributed by atoms with van der Waals surface area (Å²) in [5, 5.41) is 0. The first-order chi connectivity index (χ1) is 37.5. The summed E-state index contributed by atoms with van der Waals surface area (Å²) in [6, 6.07) is 0. The molecule has 1 atom stereocenters. The molecular weight excluding hydrogens is 937 g/mol.